The predicted molar refractivity (Wildman–Crippen MR) is 39.0 cm³/mol. The Balaban J connectivity index is 2.44. The molecular weight excluding hydrogens is 168 g/mol. The summed E-state index contributed by atoms with van der Waals surface area (Å²) in [6.45, 7) is 0. The van der Waals surface area contributed by atoms with Gasteiger partial charge in [-0.2, -0.15) is 0 Å². The van der Waals surface area contributed by atoms with Crippen molar-refractivity contribution in [3.8, 4) is 0 Å². The molecule has 11 heavy (non-hydrogen) atoms. The predicted octanol–water partition coefficient (Wildman–Crippen LogP) is -0.104. The Hall–Kier alpha value is -0.580. The maximum Gasteiger partial charge on any atom is 0.318 e. The molecular formula is C6H10O4S. The van der Waals surface area contributed by atoms with Gasteiger partial charge in [-0.25, -0.2) is 8.42 Å². The number of hydrogen-bond donors (Lipinski definition) is 1. The fraction of sp³-hybridized carbons (Fsp3) is 0.833. The summed E-state index contributed by atoms with van der Waals surface area (Å²) in [7, 11) is -3.32. The molecule has 1 saturated carbocycles. The lowest BCUT2D eigenvalue weighted by atomic mass is 10.5. The highest BCUT2D eigenvalue weighted by atomic mass is 32.2. The number of rotatable bonds is 4. The van der Waals surface area contributed by atoms with Crippen LogP contribution in [-0.4, -0.2) is 31.0 Å². The van der Waals surface area contributed by atoms with E-state index in [-0.39, 0.29) is 11.7 Å². The Kier molecular flexibility index (Phi) is 2.17. The molecule has 0 heterocycles. The minimum Gasteiger partial charge on any atom is -0.480 e. The maximum absolute atomic E-state index is 10.9. The van der Waals surface area contributed by atoms with E-state index in [0.29, 0.717) is 0 Å². The van der Waals surface area contributed by atoms with Gasteiger partial charge in [0.15, 0.2) is 9.84 Å². The minimum absolute atomic E-state index is 0.0549. The van der Waals surface area contributed by atoms with E-state index in [1.54, 1.807) is 0 Å². The van der Waals surface area contributed by atoms with Crippen molar-refractivity contribution in [1.82, 2.24) is 0 Å². The third kappa shape index (κ3) is 3.36. The van der Waals surface area contributed by atoms with E-state index in [1.807, 2.05) is 0 Å². The lowest BCUT2D eigenvalue weighted by Gasteiger charge is -1.97. The Morgan fingerprint density at radius 2 is 2.00 bits per heavy atom. The van der Waals surface area contributed by atoms with Gasteiger partial charge in [-0.3, -0.25) is 4.79 Å². The molecule has 4 nitrogen and oxygen atoms in total. The molecule has 0 spiro atoms. The van der Waals surface area contributed by atoms with E-state index in [9.17, 15) is 13.2 Å². The summed E-state index contributed by atoms with van der Waals surface area (Å²) in [5.41, 5.74) is 0. The molecule has 1 rings (SSSR count). The van der Waals surface area contributed by atoms with Crippen LogP contribution in [-0.2, 0) is 14.6 Å². The van der Waals surface area contributed by atoms with Crippen molar-refractivity contribution in [3.05, 3.63) is 0 Å². The average molecular weight is 178 g/mol. The van der Waals surface area contributed by atoms with Crippen molar-refractivity contribution in [2.24, 2.45) is 5.92 Å². The van der Waals surface area contributed by atoms with E-state index in [2.05, 4.69) is 0 Å². The molecule has 0 saturated heterocycles. The molecule has 0 bridgehead atoms. The summed E-state index contributed by atoms with van der Waals surface area (Å²) in [5, 5.41) is 8.20. The Morgan fingerprint density at radius 3 is 2.36 bits per heavy atom. The second kappa shape index (κ2) is 2.81. The first kappa shape index (κ1) is 8.52. The van der Waals surface area contributed by atoms with Crippen LogP contribution in [0.1, 0.15) is 12.8 Å². The van der Waals surface area contributed by atoms with Crippen molar-refractivity contribution in [2.45, 2.75) is 12.8 Å². The molecule has 1 aliphatic rings. The first-order valence-electron chi connectivity index (χ1n) is 3.42. The van der Waals surface area contributed by atoms with Crippen LogP contribution < -0.4 is 0 Å². The molecule has 5 heteroatoms. The van der Waals surface area contributed by atoms with Crippen LogP contribution in [0.25, 0.3) is 0 Å². The van der Waals surface area contributed by atoms with Crippen molar-refractivity contribution in [2.75, 3.05) is 11.5 Å². The Morgan fingerprint density at radius 1 is 1.45 bits per heavy atom. The third-order valence-corrected chi connectivity index (χ3v) is 3.20. The quantitative estimate of drug-likeness (QED) is 0.652. The lowest BCUT2D eigenvalue weighted by molar-refractivity contribution is -0.134. The van der Waals surface area contributed by atoms with Crippen molar-refractivity contribution >= 4 is 15.8 Å². The van der Waals surface area contributed by atoms with Crippen molar-refractivity contribution in [1.29, 1.82) is 0 Å². The molecule has 1 fully saturated rings. The van der Waals surface area contributed by atoms with Gasteiger partial charge in [0.25, 0.3) is 0 Å². The second-order valence-corrected chi connectivity index (χ2v) is 5.00. The molecule has 0 unspecified atom stereocenters. The second-order valence-electron chi connectivity index (χ2n) is 2.89. The molecule has 64 valence electrons. The van der Waals surface area contributed by atoms with Crippen LogP contribution in [0.2, 0.25) is 0 Å². The fourth-order valence-electron chi connectivity index (χ4n) is 0.891. The SMILES string of the molecule is O=C(O)CS(=O)(=O)CC1CC1. The normalized spacial score (nSPS) is 18.2. The number of carboxylic acid groups (broad SMARTS) is 1. The highest BCUT2D eigenvalue weighted by Gasteiger charge is 2.29. The standard InChI is InChI=1S/C6H10O4S/c7-6(8)4-11(9,10)3-5-1-2-5/h5H,1-4H2,(H,7,8). The van der Waals surface area contributed by atoms with Crippen LogP contribution in [0.5, 0.6) is 0 Å². The lowest BCUT2D eigenvalue weighted by Crippen LogP contribution is -2.19. The Bertz CT molecular complexity index is 250. The van der Waals surface area contributed by atoms with E-state index in [0.717, 1.165) is 12.8 Å². The van der Waals surface area contributed by atoms with E-state index in [4.69, 9.17) is 5.11 Å². The number of carbonyl (C=O) groups is 1. The molecule has 0 aliphatic heterocycles. The molecule has 0 aromatic rings. The maximum atomic E-state index is 10.9. The number of carboxylic acids is 1. The van der Waals surface area contributed by atoms with Gasteiger partial charge < -0.3 is 5.11 Å². The Labute approximate surface area is 65.1 Å². The third-order valence-electron chi connectivity index (χ3n) is 1.53. The highest BCUT2D eigenvalue weighted by molar-refractivity contribution is 7.92. The molecule has 0 aromatic carbocycles. The largest absolute Gasteiger partial charge is 0.480 e. The monoisotopic (exact) mass is 178 g/mol. The van der Waals surface area contributed by atoms with E-state index >= 15 is 0 Å². The summed E-state index contributed by atoms with van der Waals surface area (Å²) in [6.07, 6.45) is 1.86. The topological polar surface area (TPSA) is 71.4 Å². The molecule has 1 aliphatic carbocycles. The summed E-state index contributed by atoms with van der Waals surface area (Å²) >= 11 is 0. The summed E-state index contributed by atoms with van der Waals surface area (Å²) in [5.74, 6) is -1.69. The van der Waals surface area contributed by atoms with E-state index < -0.39 is 21.6 Å². The van der Waals surface area contributed by atoms with Gasteiger partial charge in [0.05, 0.1) is 5.75 Å². The van der Waals surface area contributed by atoms with Crippen LogP contribution in [0.4, 0.5) is 0 Å². The van der Waals surface area contributed by atoms with Crippen LogP contribution in [0, 0.1) is 5.92 Å². The summed E-state index contributed by atoms with van der Waals surface area (Å²) in [6, 6.07) is 0. The average Bonchev–Trinajstić information content (AvgIpc) is 2.43. The van der Waals surface area contributed by atoms with Gasteiger partial charge in [0.1, 0.15) is 5.75 Å². The zero-order valence-corrected chi connectivity index (χ0v) is 6.80. The number of aliphatic carboxylic acids is 1. The van der Waals surface area contributed by atoms with Gasteiger partial charge >= 0.3 is 5.97 Å². The van der Waals surface area contributed by atoms with Gasteiger partial charge in [-0.05, 0) is 18.8 Å². The molecule has 0 aromatic heterocycles. The fourth-order valence-corrected chi connectivity index (χ4v) is 2.44. The number of sulfone groups is 1. The first-order chi connectivity index (χ1) is 4.99. The van der Waals surface area contributed by atoms with Gasteiger partial charge in [0.2, 0.25) is 0 Å². The first-order valence-corrected chi connectivity index (χ1v) is 5.24. The van der Waals surface area contributed by atoms with Gasteiger partial charge in [0, 0.05) is 0 Å². The van der Waals surface area contributed by atoms with Crippen LogP contribution in [0.15, 0.2) is 0 Å². The summed E-state index contributed by atoms with van der Waals surface area (Å²) < 4.78 is 21.8. The number of hydrogen-bond acceptors (Lipinski definition) is 3. The minimum atomic E-state index is -3.32. The van der Waals surface area contributed by atoms with Crippen molar-refractivity contribution in [3.63, 3.8) is 0 Å². The van der Waals surface area contributed by atoms with Gasteiger partial charge in [-0.1, -0.05) is 0 Å². The molecule has 0 atom stereocenters. The van der Waals surface area contributed by atoms with Crippen LogP contribution in [0.3, 0.4) is 0 Å². The van der Waals surface area contributed by atoms with E-state index in [1.165, 1.54) is 0 Å². The van der Waals surface area contributed by atoms with Crippen LogP contribution >= 0.6 is 0 Å². The van der Waals surface area contributed by atoms with Gasteiger partial charge in [-0.15, -0.1) is 0 Å². The molecule has 0 amide bonds. The molecule has 0 radical (unpaired) electrons. The zero-order valence-electron chi connectivity index (χ0n) is 5.99. The molecule has 1 N–H and O–H groups in total. The highest BCUT2D eigenvalue weighted by Crippen LogP contribution is 2.30. The smallest absolute Gasteiger partial charge is 0.318 e. The summed E-state index contributed by atoms with van der Waals surface area (Å²) in [4.78, 5) is 10.0. The van der Waals surface area contributed by atoms with Crippen molar-refractivity contribution < 1.29 is 18.3 Å². The zero-order chi connectivity index (χ0) is 8.48.